The smallest absolute Gasteiger partial charge is 0.242 e. The van der Waals surface area contributed by atoms with E-state index in [0.717, 1.165) is 24.9 Å². The molecule has 22 heavy (non-hydrogen) atoms. The first-order valence-electron chi connectivity index (χ1n) is 8.44. The number of aromatic nitrogens is 3. The highest BCUT2D eigenvalue weighted by molar-refractivity contribution is 5.75. The molecule has 1 unspecified atom stereocenters. The molecule has 2 aliphatic rings. The number of carbonyl (C=O) groups excluding carboxylic acids is 1. The molecule has 1 amide bonds. The van der Waals surface area contributed by atoms with Crippen molar-refractivity contribution in [3.8, 4) is 0 Å². The van der Waals surface area contributed by atoms with Crippen LogP contribution in [-0.2, 0) is 11.3 Å². The molecule has 6 nitrogen and oxygen atoms in total. The van der Waals surface area contributed by atoms with Gasteiger partial charge in [0.2, 0.25) is 11.9 Å². The average molecular weight is 305 g/mol. The third-order valence-corrected chi connectivity index (χ3v) is 4.98. The fourth-order valence-electron chi connectivity index (χ4n) is 3.57. The van der Waals surface area contributed by atoms with Gasteiger partial charge in [-0.3, -0.25) is 9.36 Å². The number of hydrogen-bond acceptors (Lipinski definition) is 4. The Kier molecular flexibility index (Phi) is 4.36. The molecule has 2 fully saturated rings. The number of anilines is 1. The fourth-order valence-corrected chi connectivity index (χ4v) is 3.57. The van der Waals surface area contributed by atoms with Gasteiger partial charge in [-0.05, 0) is 25.2 Å². The van der Waals surface area contributed by atoms with E-state index in [4.69, 9.17) is 0 Å². The van der Waals surface area contributed by atoms with Gasteiger partial charge in [0.05, 0.1) is 0 Å². The number of amides is 1. The molecule has 0 bridgehead atoms. The van der Waals surface area contributed by atoms with Crippen LogP contribution in [0.1, 0.15) is 50.8 Å². The Morgan fingerprint density at radius 3 is 2.55 bits per heavy atom. The van der Waals surface area contributed by atoms with Crippen molar-refractivity contribution in [2.24, 2.45) is 5.92 Å². The zero-order chi connectivity index (χ0) is 15.7. The van der Waals surface area contributed by atoms with E-state index >= 15 is 0 Å². The summed E-state index contributed by atoms with van der Waals surface area (Å²) >= 11 is 0. The molecule has 2 heterocycles. The van der Waals surface area contributed by atoms with Crippen LogP contribution in [0.2, 0.25) is 0 Å². The van der Waals surface area contributed by atoms with Crippen LogP contribution in [0.15, 0.2) is 0 Å². The van der Waals surface area contributed by atoms with Gasteiger partial charge in [-0.25, -0.2) is 0 Å². The fraction of sp³-hybridized carbons (Fsp3) is 0.812. The van der Waals surface area contributed by atoms with Crippen LogP contribution >= 0.6 is 0 Å². The molecular weight excluding hydrogens is 278 g/mol. The average Bonchev–Trinajstić information content (AvgIpc) is 3.18. The summed E-state index contributed by atoms with van der Waals surface area (Å²) < 4.78 is 2.08. The molecule has 0 radical (unpaired) electrons. The van der Waals surface area contributed by atoms with Crippen molar-refractivity contribution in [3.63, 3.8) is 0 Å². The molecule has 0 spiro atoms. The van der Waals surface area contributed by atoms with Crippen LogP contribution in [0.3, 0.4) is 0 Å². The quantitative estimate of drug-likeness (QED) is 0.852. The molecule has 1 aliphatic heterocycles. The van der Waals surface area contributed by atoms with Gasteiger partial charge in [0.25, 0.3) is 0 Å². The topological polar surface area (TPSA) is 54.3 Å². The van der Waals surface area contributed by atoms with E-state index in [-0.39, 0.29) is 5.91 Å². The van der Waals surface area contributed by atoms with E-state index < -0.39 is 0 Å². The van der Waals surface area contributed by atoms with Gasteiger partial charge in [0, 0.05) is 33.1 Å². The van der Waals surface area contributed by atoms with Crippen LogP contribution in [0.5, 0.6) is 0 Å². The SMILES string of the molecule is CC1CCN(c2nnc(C3CCCC3)n2CC(=O)N(C)C)C1. The molecular formula is C16H27N5O. The molecule has 1 aliphatic carbocycles. The van der Waals surface area contributed by atoms with E-state index in [0.29, 0.717) is 18.4 Å². The van der Waals surface area contributed by atoms with Crippen LogP contribution in [0, 0.1) is 5.92 Å². The van der Waals surface area contributed by atoms with Gasteiger partial charge < -0.3 is 9.80 Å². The van der Waals surface area contributed by atoms with Crippen LogP contribution in [-0.4, -0.2) is 52.8 Å². The second-order valence-electron chi connectivity index (χ2n) is 7.05. The molecule has 6 heteroatoms. The molecule has 1 aromatic rings. The maximum Gasteiger partial charge on any atom is 0.242 e. The zero-order valence-corrected chi connectivity index (χ0v) is 14.0. The summed E-state index contributed by atoms with van der Waals surface area (Å²) in [6.07, 6.45) is 6.05. The van der Waals surface area contributed by atoms with Crippen LogP contribution in [0.4, 0.5) is 5.95 Å². The minimum Gasteiger partial charge on any atom is -0.347 e. The molecule has 122 valence electrons. The van der Waals surface area contributed by atoms with E-state index in [1.54, 1.807) is 19.0 Å². The lowest BCUT2D eigenvalue weighted by Gasteiger charge is -2.21. The Morgan fingerprint density at radius 2 is 1.95 bits per heavy atom. The lowest BCUT2D eigenvalue weighted by atomic mass is 10.1. The number of nitrogens with zero attached hydrogens (tertiary/aromatic N) is 5. The summed E-state index contributed by atoms with van der Waals surface area (Å²) in [5, 5.41) is 8.94. The van der Waals surface area contributed by atoms with Crippen molar-refractivity contribution < 1.29 is 4.79 Å². The maximum atomic E-state index is 12.2. The predicted molar refractivity (Wildman–Crippen MR) is 85.9 cm³/mol. The summed E-state index contributed by atoms with van der Waals surface area (Å²) in [6.45, 7) is 4.65. The molecule has 0 N–H and O–H groups in total. The molecule has 0 aromatic carbocycles. The first-order chi connectivity index (χ1) is 10.6. The van der Waals surface area contributed by atoms with Crippen molar-refractivity contribution in [2.75, 3.05) is 32.1 Å². The minimum atomic E-state index is 0.104. The molecule has 1 saturated heterocycles. The lowest BCUT2D eigenvalue weighted by molar-refractivity contribution is -0.129. The normalized spacial score (nSPS) is 22.5. The monoisotopic (exact) mass is 305 g/mol. The highest BCUT2D eigenvalue weighted by Gasteiger charge is 2.29. The standard InChI is InChI=1S/C16H27N5O/c1-12-8-9-20(10-12)16-18-17-15(13-6-4-5-7-13)21(16)11-14(22)19(2)3/h12-13H,4-11H2,1-3H3. The Bertz CT molecular complexity index is 533. The lowest BCUT2D eigenvalue weighted by Crippen LogP contribution is -2.30. The summed E-state index contributed by atoms with van der Waals surface area (Å²) in [4.78, 5) is 16.2. The molecule has 3 rings (SSSR count). The molecule has 1 atom stereocenters. The zero-order valence-electron chi connectivity index (χ0n) is 14.0. The second-order valence-corrected chi connectivity index (χ2v) is 7.05. The molecule has 1 saturated carbocycles. The first-order valence-corrected chi connectivity index (χ1v) is 8.44. The van der Waals surface area contributed by atoms with E-state index in [9.17, 15) is 4.79 Å². The highest BCUT2D eigenvalue weighted by Crippen LogP contribution is 2.35. The Morgan fingerprint density at radius 1 is 1.23 bits per heavy atom. The van der Waals surface area contributed by atoms with Crippen molar-refractivity contribution in [1.82, 2.24) is 19.7 Å². The minimum absolute atomic E-state index is 0.104. The van der Waals surface area contributed by atoms with Gasteiger partial charge in [-0.15, -0.1) is 10.2 Å². The highest BCUT2D eigenvalue weighted by atomic mass is 16.2. The summed E-state index contributed by atoms with van der Waals surface area (Å²) in [7, 11) is 3.61. The van der Waals surface area contributed by atoms with E-state index in [2.05, 4.69) is 26.6 Å². The van der Waals surface area contributed by atoms with Crippen LogP contribution < -0.4 is 4.90 Å². The third-order valence-electron chi connectivity index (χ3n) is 4.98. The van der Waals surface area contributed by atoms with Gasteiger partial charge in [0.15, 0.2) is 0 Å². The Hall–Kier alpha value is -1.59. The number of carbonyl (C=O) groups is 1. The second kappa shape index (κ2) is 6.26. The third kappa shape index (κ3) is 2.96. The van der Waals surface area contributed by atoms with Crippen LogP contribution in [0.25, 0.3) is 0 Å². The number of hydrogen-bond donors (Lipinski definition) is 0. The van der Waals surface area contributed by atoms with Gasteiger partial charge in [-0.2, -0.15) is 0 Å². The van der Waals surface area contributed by atoms with Gasteiger partial charge in [0.1, 0.15) is 12.4 Å². The van der Waals surface area contributed by atoms with Crippen molar-refractivity contribution in [1.29, 1.82) is 0 Å². The maximum absolute atomic E-state index is 12.2. The first kappa shape index (κ1) is 15.3. The van der Waals surface area contributed by atoms with Gasteiger partial charge >= 0.3 is 0 Å². The molecule has 1 aromatic heterocycles. The van der Waals surface area contributed by atoms with Gasteiger partial charge in [-0.1, -0.05) is 19.8 Å². The van der Waals surface area contributed by atoms with Crippen molar-refractivity contribution in [2.45, 2.75) is 51.5 Å². The predicted octanol–water partition coefficient (Wildman–Crippen LogP) is 1.87. The Labute approximate surface area is 132 Å². The van der Waals surface area contributed by atoms with Crippen molar-refractivity contribution in [3.05, 3.63) is 5.82 Å². The number of rotatable bonds is 4. The van der Waals surface area contributed by atoms with E-state index in [1.807, 2.05) is 0 Å². The summed E-state index contributed by atoms with van der Waals surface area (Å²) in [5.74, 6) is 3.16. The summed E-state index contributed by atoms with van der Waals surface area (Å²) in [6, 6.07) is 0. The Balaban J connectivity index is 1.89. The largest absolute Gasteiger partial charge is 0.347 e. The van der Waals surface area contributed by atoms with E-state index in [1.165, 1.54) is 32.1 Å². The summed E-state index contributed by atoms with van der Waals surface area (Å²) in [5.41, 5.74) is 0. The number of likely N-dealkylation sites (N-methyl/N-ethyl adjacent to an activating group) is 1. The van der Waals surface area contributed by atoms with Crippen molar-refractivity contribution >= 4 is 11.9 Å².